The van der Waals surface area contributed by atoms with Crippen LogP contribution in [0.3, 0.4) is 0 Å². The maximum atomic E-state index is 14.4. The molecule has 0 spiro atoms. The molecule has 14 N–H and O–H groups in total. The Hall–Kier alpha value is -6.86. The van der Waals surface area contributed by atoms with Gasteiger partial charge in [-0.25, -0.2) is 0 Å². The molecule has 3 aromatic carbocycles. The van der Waals surface area contributed by atoms with Crippen LogP contribution in [-0.4, -0.2) is 176 Å². The van der Waals surface area contributed by atoms with Crippen molar-refractivity contribution in [1.82, 2.24) is 31.1 Å². The van der Waals surface area contributed by atoms with E-state index in [1.54, 1.807) is 34.1 Å². The lowest BCUT2D eigenvalue weighted by Gasteiger charge is -2.31. The molecule has 4 aliphatic rings. The highest BCUT2D eigenvalue weighted by Gasteiger charge is 2.34. The van der Waals surface area contributed by atoms with Gasteiger partial charge in [0.15, 0.2) is 0 Å². The van der Waals surface area contributed by atoms with Gasteiger partial charge in [0.2, 0.25) is 0 Å². The Labute approximate surface area is 545 Å². The van der Waals surface area contributed by atoms with Crippen LogP contribution in [0.5, 0.6) is 34.5 Å². The van der Waals surface area contributed by atoms with E-state index in [0.29, 0.717) is 179 Å². The Kier molecular flexibility index (Phi) is 30.3. The number of likely N-dealkylation sites (tertiary alicyclic amines) is 2. The number of amides is 6. The van der Waals surface area contributed by atoms with Crippen molar-refractivity contribution in [2.45, 2.75) is 190 Å². The molecule has 2 radical (unpaired) electrons. The fourth-order valence-corrected chi connectivity index (χ4v) is 12.3. The van der Waals surface area contributed by atoms with Crippen LogP contribution in [0.1, 0.15) is 216 Å². The summed E-state index contributed by atoms with van der Waals surface area (Å²) in [4.78, 5) is 89.2. The lowest BCUT2D eigenvalue weighted by molar-refractivity contribution is 0.0705. The second-order valence-electron chi connectivity index (χ2n) is 25.0. The molecule has 2 aliphatic heterocycles. The van der Waals surface area contributed by atoms with E-state index in [-0.39, 0.29) is 105 Å². The first kappa shape index (κ1) is 72.6. The Morgan fingerprint density at radius 3 is 0.935 bits per heavy atom. The molecule has 92 heavy (non-hydrogen) atoms. The highest BCUT2D eigenvalue weighted by Crippen LogP contribution is 2.36. The molecule has 2 aliphatic carbocycles. The number of ether oxygens (including phenoxy) is 6. The smallest absolute Gasteiger partial charge is 0.257 e. The molecule has 506 valence electrons. The molecule has 2 saturated carbocycles. The van der Waals surface area contributed by atoms with Crippen molar-refractivity contribution < 1.29 is 57.2 Å². The molecular formula is C68H104BN11O12. The fourth-order valence-electron chi connectivity index (χ4n) is 12.3. The van der Waals surface area contributed by atoms with Crippen LogP contribution in [0.25, 0.3) is 0 Å². The quantitative estimate of drug-likeness (QED) is 0.0224. The third-order valence-corrected chi connectivity index (χ3v) is 18.0. The van der Waals surface area contributed by atoms with E-state index in [9.17, 15) is 28.8 Å². The first-order valence-electron chi connectivity index (χ1n) is 34.0. The van der Waals surface area contributed by atoms with Gasteiger partial charge in [0.1, 0.15) is 34.5 Å². The van der Waals surface area contributed by atoms with Crippen molar-refractivity contribution in [2.75, 3.05) is 93.0 Å². The van der Waals surface area contributed by atoms with Gasteiger partial charge in [0.05, 0.1) is 81.9 Å². The molecule has 3 aromatic rings. The lowest BCUT2D eigenvalue weighted by Crippen LogP contribution is -2.44. The summed E-state index contributed by atoms with van der Waals surface area (Å²) in [7, 11) is 9.10. The van der Waals surface area contributed by atoms with Crippen LogP contribution in [-0.2, 0) is 0 Å². The Balaban J connectivity index is 0.977. The number of carbonyl (C=O) groups is 6. The summed E-state index contributed by atoms with van der Waals surface area (Å²) < 4.78 is 36.5. The van der Waals surface area contributed by atoms with E-state index in [1.807, 2.05) is 0 Å². The van der Waals surface area contributed by atoms with Crippen molar-refractivity contribution in [3.05, 3.63) is 69.8 Å². The number of hydrogen-bond donors (Lipinski definition) is 9. The second-order valence-corrected chi connectivity index (χ2v) is 25.0. The predicted octanol–water partition coefficient (Wildman–Crippen LogP) is 6.43. The zero-order valence-corrected chi connectivity index (χ0v) is 54.6. The molecule has 6 amide bonds. The van der Waals surface area contributed by atoms with Crippen LogP contribution in [0.15, 0.2) is 36.4 Å². The summed E-state index contributed by atoms with van der Waals surface area (Å²) in [6, 6.07) is 8.61. The van der Waals surface area contributed by atoms with E-state index in [0.717, 1.165) is 77.0 Å². The molecule has 4 fully saturated rings. The van der Waals surface area contributed by atoms with Gasteiger partial charge in [-0.1, -0.05) is 5.82 Å². The molecular weight excluding hydrogens is 1170 g/mol. The van der Waals surface area contributed by atoms with Crippen LogP contribution >= 0.6 is 0 Å². The molecule has 24 heteroatoms. The Morgan fingerprint density at radius 1 is 0.380 bits per heavy atom. The summed E-state index contributed by atoms with van der Waals surface area (Å²) in [5, 5.41) is 12.7. The summed E-state index contributed by atoms with van der Waals surface area (Å²) in [5.41, 5.74) is 30.5. The van der Waals surface area contributed by atoms with Gasteiger partial charge in [-0.2, -0.15) is 0 Å². The minimum absolute atomic E-state index is 0.0189. The van der Waals surface area contributed by atoms with Gasteiger partial charge in [-0.15, -0.1) is 0 Å². The van der Waals surface area contributed by atoms with E-state index in [2.05, 4.69) is 21.3 Å². The molecule has 23 nitrogen and oxygen atoms in total. The maximum absolute atomic E-state index is 14.4. The average molecular weight is 1280 g/mol. The summed E-state index contributed by atoms with van der Waals surface area (Å²) in [6.07, 6.45) is 16.9. The molecule has 7 rings (SSSR count). The fraction of sp³-hybridized carbons (Fsp3) is 0.647. The van der Waals surface area contributed by atoms with Gasteiger partial charge in [0.25, 0.3) is 35.4 Å². The molecule has 0 aromatic heterocycles. The molecule has 0 bridgehead atoms. The Morgan fingerprint density at radius 2 is 0.641 bits per heavy atom. The zero-order chi connectivity index (χ0) is 65.8. The molecule has 0 atom stereocenters. The number of benzene rings is 3. The second kappa shape index (κ2) is 38.4. The number of piperidine rings is 2. The van der Waals surface area contributed by atoms with Crippen LogP contribution in [0.2, 0.25) is 5.82 Å². The lowest BCUT2D eigenvalue weighted by atomic mass is 9.79. The van der Waals surface area contributed by atoms with Gasteiger partial charge < -0.3 is 88.2 Å². The van der Waals surface area contributed by atoms with Crippen molar-refractivity contribution >= 4 is 43.3 Å². The summed E-state index contributed by atoms with van der Waals surface area (Å²) >= 11 is 0. The van der Waals surface area contributed by atoms with Gasteiger partial charge in [-0.3, -0.25) is 28.8 Å². The van der Waals surface area contributed by atoms with Crippen LogP contribution in [0.4, 0.5) is 0 Å². The first-order chi connectivity index (χ1) is 44.7. The van der Waals surface area contributed by atoms with Crippen LogP contribution < -0.4 is 78.4 Å². The van der Waals surface area contributed by atoms with Crippen molar-refractivity contribution in [3.63, 3.8) is 0 Å². The molecule has 2 heterocycles. The van der Waals surface area contributed by atoms with Crippen molar-refractivity contribution in [3.8, 4) is 34.5 Å². The van der Waals surface area contributed by atoms with Crippen molar-refractivity contribution in [2.24, 2.45) is 28.7 Å². The highest BCUT2D eigenvalue weighted by molar-refractivity contribution is 6.12. The number of nitrogens with one attached hydrogen (secondary N) is 4. The molecule has 0 unspecified atom stereocenters. The number of carbonyl (C=O) groups excluding carboxylic acids is 6. The number of rotatable bonds is 36. The zero-order valence-electron chi connectivity index (χ0n) is 54.6. The minimum Gasteiger partial charge on any atom is -0.496 e. The number of nitrogens with zero attached hydrogens (tertiary/aromatic N) is 2. The van der Waals surface area contributed by atoms with E-state index in [4.69, 9.17) is 64.9 Å². The standard InChI is InChI=1S/C68H104BN11O12/c1-87-57-42-58(88-2)52(64(82)76-48-17-21-50(22-18-48)78-66(84)54-41-56(68(86)80-33-25-46(74)26-34-80)62(92-38-14-6-10-30-73)44-60(54)90-36-12-4-8-28-71)39-51(57)63(81)75-47-15-19-49(20-16-47)77-65(83)53-40-55(67(85)79-31-23-45(69)24-32-79)61(91-37-13-5-9-29-72)43-59(53)89-35-11-3-7-27-70/h39-50H,3-38,70-74H2,1-2H3,(H,75,81)(H,76,82)(H,77,83)(H,78,84). The SMILES string of the molecule is [B]C1CCN(C(=O)c2cc(C(=O)NC3CCC(NC(=O)c4cc(C(=O)NC5CCC(NC(=O)c6cc(C(=O)N7CCC(N)CC7)c(OCCCCCN)cc6OCCCCCN)CC5)c(OC)cc4OC)CC3)c(OCCCCCN)cc2OCCCCCN)CC1. The topological polar surface area (TPSA) is 343 Å². The average Bonchev–Trinajstić information content (AvgIpc) is 1.27. The first-order valence-corrected chi connectivity index (χ1v) is 34.0. The Bertz CT molecular complexity index is 2670. The monoisotopic (exact) mass is 1280 g/mol. The molecule has 2 saturated heterocycles. The number of hydrogen-bond acceptors (Lipinski definition) is 17. The van der Waals surface area contributed by atoms with E-state index < -0.39 is 11.8 Å². The van der Waals surface area contributed by atoms with Gasteiger partial charge in [-0.05, 0) is 198 Å². The van der Waals surface area contributed by atoms with Crippen LogP contribution in [0, 0.1) is 0 Å². The van der Waals surface area contributed by atoms with E-state index >= 15 is 0 Å². The third-order valence-electron chi connectivity index (χ3n) is 18.0. The normalized spacial score (nSPS) is 18.7. The van der Waals surface area contributed by atoms with Gasteiger partial charge >= 0.3 is 0 Å². The summed E-state index contributed by atoms with van der Waals surface area (Å²) in [6.45, 7) is 5.70. The summed E-state index contributed by atoms with van der Waals surface area (Å²) in [5.74, 6) is -0.250. The predicted molar refractivity (Wildman–Crippen MR) is 356 cm³/mol. The largest absolute Gasteiger partial charge is 0.496 e. The highest BCUT2D eigenvalue weighted by atomic mass is 16.5. The number of methoxy groups -OCH3 is 2. The third kappa shape index (κ3) is 21.6. The number of nitrogens with two attached hydrogens (primary N) is 5. The van der Waals surface area contributed by atoms with E-state index in [1.165, 1.54) is 26.4 Å². The van der Waals surface area contributed by atoms with Crippen molar-refractivity contribution in [1.29, 1.82) is 0 Å². The van der Waals surface area contributed by atoms with Gasteiger partial charge in [0, 0.05) is 74.6 Å². The number of unbranched alkanes of at least 4 members (excludes halogenated alkanes) is 8. The maximum Gasteiger partial charge on any atom is 0.257 e. The minimum atomic E-state index is -0.432.